The van der Waals surface area contributed by atoms with Crippen LogP contribution in [0, 0.1) is 17.8 Å². The fourth-order valence-corrected chi connectivity index (χ4v) is 8.49. The number of thioether (sulfide) groups is 1. The van der Waals surface area contributed by atoms with Crippen molar-refractivity contribution in [2.75, 3.05) is 19.8 Å². The van der Waals surface area contributed by atoms with Gasteiger partial charge in [-0.2, -0.15) is 0 Å². The van der Waals surface area contributed by atoms with Crippen LogP contribution in [0.1, 0.15) is 53.9 Å². The molecule has 1 spiro atoms. The Morgan fingerprint density at radius 3 is 2.47 bits per heavy atom. The van der Waals surface area contributed by atoms with Crippen molar-refractivity contribution in [3.8, 4) is 0 Å². The maximum absolute atomic E-state index is 14.2. The highest BCUT2D eigenvalue weighted by Crippen LogP contribution is 2.72. The molecular weight excluding hydrogens is 452 g/mol. The lowest BCUT2D eigenvalue weighted by Gasteiger charge is -2.41. The predicted octanol–water partition coefficient (Wildman–Crippen LogP) is 3.03. The van der Waals surface area contributed by atoms with Gasteiger partial charge in [0.25, 0.3) is 0 Å². The average Bonchev–Trinajstić information content (AvgIpc) is 3.33. The second-order valence-electron chi connectivity index (χ2n) is 10.6. The number of aliphatic hydroxyl groups is 1. The van der Waals surface area contributed by atoms with Crippen molar-refractivity contribution >= 4 is 29.5 Å². The molecule has 2 amide bonds. The Morgan fingerprint density at radius 1 is 1.26 bits per heavy atom. The molecule has 3 aliphatic heterocycles. The van der Waals surface area contributed by atoms with E-state index in [0.29, 0.717) is 19.4 Å². The predicted molar refractivity (Wildman–Crippen MR) is 134 cm³/mol. The average molecular weight is 493 g/mol. The van der Waals surface area contributed by atoms with Crippen LogP contribution in [-0.4, -0.2) is 80.1 Å². The molecule has 3 saturated heterocycles. The number of hydrogen-bond donors (Lipinski definition) is 1. The summed E-state index contributed by atoms with van der Waals surface area (Å²) in [7, 11) is 0. The van der Waals surface area contributed by atoms with Crippen molar-refractivity contribution < 1.29 is 24.2 Å². The quantitative estimate of drug-likeness (QED) is 0.271. The molecule has 0 radical (unpaired) electrons. The zero-order valence-corrected chi connectivity index (χ0v) is 22.0. The molecule has 7 nitrogen and oxygen atoms in total. The molecule has 3 rings (SSSR count). The number of esters is 1. The number of rotatable bonds is 11. The van der Waals surface area contributed by atoms with Gasteiger partial charge >= 0.3 is 5.97 Å². The summed E-state index contributed by atoms with van der Waals surface area (Å²) >= 11 is 1.62. The van der Waals surface area contributed by atoms with E-state index in [2.05, 4.69) is 13.2 Å². The highest BCUT2D eigenvalue weighted by Gasteiger charge is 2.78. The third-order valence-corrected chi connectivity index (χ3v) is 9.80. The molecular formula is C26H40N2O5S. The Hall–Kier alpha value is -1.80. The van der Waals surface area contributed by atoms with Gasteiger partial charge in [-0.25, -0.2) is 0 Å². The summed E-state index contributed by atoms with van der Waals surface area (Å²) < 4.78 is 4.39. The van der Waals surface area contributed by atoms with Crippen molar-refractivity contribution in [2.24, 2.45) is 17.8 Å². The first-order chi connectivity index (χ1) is 16.0. The number of aliphatic hydroxyl groups excluding tert-OH is 1. The normalized spacial score (nSPS) is 32.8. The molecule has 2 unspecified atom stereocenters. The van der Waals surface area contributed by atoms with Crippen molar-refractivity contribution in [3.05, 3.63) is 25.3 Å². The van der Waals surface area contributed by atoms with Crippen LogP contribution in [0.5, 0.6) is 0 Å². The number of carbonyl (C=O) groups is 3. The minimum absolute atomic E-state index is 0.0536. The lowest BCUT2D eigenvalue weighted by Crippen LogP contribution is -2.59. The van der Waals surface area contributed by atoms with E-state index in [0.717, 1.165) is 6.42 Å². The summed E-state index contributed by atoms with van der Waals surface area (Å²) in [6.07, 6.45) is 5.33. The number of amides is 2. The highest BCUT2D eigenvalue weighted by atomic mass is 32.2. The van der Waals surface area contributed by atoms with E-state index < -0.39 is 33.4 Å². The molecule has 0 aliphatic carbocycles. The molecule has 3 fully saturated rings. The first kappa shape index (κ1) is 26.8. The maximum atomic E-state index is 14.2. The van der Waals surface area contributed by atoms with E-state index in [1.54, 1.807) is 33.7 Å². The molecule has 3 aliphatic rings. The van der Waals surface area contributed by atoms with Crippen LogP contribution >= 0.6 is 11.8 Å². The van der Waals surface area contributed by atoms with Gasteiger partial charge < -0.3 is 19.6 Å². The van der Waals surface area contributed by atoms with Gasteiger partial charge in [-0.15, -0.1) is 24.9 Å². The maximum Gasteiger partial charge on any atom is 0.311 e. The fourth-order valence-electron chi connectivity index (χ4n) is 6.16. The molecule has 0 aromatic rings. The summed E-state index contributed by atoms with van der Waals surface area (Å²) in [5.74, 6) is -2.05. The van der Waals surface area contributed by atoms with Crippen LogP contribution in [0.4, 0.5) is 0 Å². The first-order valence-electron chi connectivity index (χ1n) is 12.3. The van der Waals surface area contributed by atoms with E-state index in [1.165, 1.54) is 0 Å². The minimum atomic E-state index is -0.746. The number of hydrogen-bond acceptors (Lipinski definition) is 6. The Morgan fingerprint density at radius 2 is 1.94 bits per heavy atom. The van der Waals surface area contributed by atoms with Gasteiger partial charge in [0, 0.05) is 17.3 Å². The van der Waals surface area contributed by atoms with Gasteiger partial charge in [-0.05, 0) is 46.0 Å². The molecule has 0 saturated carbocycles. The Kier molecular flexibility index (Phi) is 7.92. The minimum Gasteiger partial charge on any atom is -0.465 e. The number of nitrogens with zero attached hydrogens (tertiary/aromatic N) is 2. The molecule has 1 N–H and O–H groups in total. The van der Waals surface area contributed by atoms with Gasteiger partial charge in [0.15, 0.2) is 0 Å². The molecule has 0 aromatic heterocycles. The lowest BCUT2D eigenvalue weighted by atomic mass is 9.66. The molecule has 3 heterocycles. The van der Waals surface area contributed by atoms with Crippen LogP contribution in [0.2, 0.25) is 0 Å². The number of carbonyl (C=O) groups excluding carboxylic acids is 3. The Bertz CT molecular complexity index is 845. The topological polar surface area (TPSA) is 87.1 Å². The van der Waals surface area contributed by atoms with Gasteiger partial charge in [0.2, 0.25) is 11.8 Å². The number of fused-ring (bicyclic) bond motifs is 1. The second-order valence-corrected chi connectivity index (χ2v) is 12.5. The van der Waals surface area contributed by atoms with Crippen molar-refractivity contribution in [1.29, 1.82) is 0 Å². The van der Waals surface area contributed by atoms with Crippen LogP contribution in [-0.2, 0) is 19.1 Å². The monoisotopic (exact) mass is 492 g/mol. The van der Waals surface area contributed by atoms with Gasteiger partial charge in [-0.3, -0.25) is 14.4 Å². The second kappa shape index (κ2) is 10.1. The fraction of sp³-hybridized carbons (Fsp3) is 0.731. The molecule has 190 valence electrons. The number of likely N-dealkylation sites (tertiary alicyclic amines) is 1. The third kappa shape index (κ3) is 4.11. The first-order valence-corrected chi connectivity index (χ1v) is 13.1. The molecule has 8 heteroatoms. The van der Waals surface area contributed by atoms with E-state index in [4.69, 9.17) is 4.74 Å². The Balaban J connectivity index is 2.11. The van der Waals surface area contributed by atoms with Crippen LogP contribution in [0.15, 0.2) is 25.3 Å². The van der Waals surface area contributed by atoms with Crippen molar-refractivity contribution in [1.82, 2.24) is 9.80 Å². The zero-order chi connectivity index (χ0) is 25.4. The number of ether oxygens (including phenoxy) is 1. The SMILES string of the molecule is C=CCCOC(=O)[C@@H]1[C@H]2C(=O)N([C@@H](CO)C(C)C)C(C(=O)N(CC=C)C(C)C)C23CC[C@@]1(C)S3. The molecule has 0 aromatic carbocycles. The van der Waals surface area contributed by atoms with Gasteiger partial charge in [0.05, 0.1) is 35.8 Å². The summed E-state index contributed by atoms with van der Waals surface area (Å²) in [6.45, 7) is 17.7. The Labute approximate surface area is 208 Å². The van der Waals surface area contributed by atoms with Crippen LogP contribution < -0.4 is 0 Å². The smallest absolute Gasteiger partial charge is 0.311 e. The summed E-state index contributed by atoms with van der Waals surface area (Å²) in [4.78, 5) is 44.9. The third-order valence-electron chi connectivity index (χ3n) is 7.81. The van der Waals surface area contributed by atoms with Gasteiger partial charge in [0.1, 0.15) is 6.04 Å². The van der Waals surface area contributed by atoms with Crippen LogP contribution in [0.25, 0.3) is 0 Å². The van der Waals surface area contributed by atoms with E-state index in [1.807, 2.05) is 34.6 Å². The molecule has 34 heavy (non-hydrogen) atoms. The summed E-state index contributed by atoms with van der Waals surface area (Å²) in [6, 6.07) is -1.34. The summed E-state index contributed by atoms with van der Waals surface area (Å²) in [5, 5.41) is 10.3. The van der Waals surface area contributed by atoms with Gasteiger partial charge in [-0.1, -0.05) is 26.0 Å². The van der Waals surface area contributed by atoms with Crippen LogP contribution in [0.3, 0.4) is 0 Å². The standard InChI is InChI=1S/C26H40N2O5S/c1-8-10-14-33-24(32)20-19-22(30)28(18(15-29)16(3)4)21(23(31)27(13-9-2)17(5)6)26(19)12-11-25(20,7)34-26/h8-9,16-21,29H,1-2,10-15H2,3-7H3/t18-,19-,20-,21?,25+,26?/m0/s1. The van der Waals surface area contributed by atoms with E-state index >= 15 is 0 Å². The van der Waals surface area contributed by atoms with Crippen molar-refractivity contribution in [3.63, 3.8) is 0 Å². The highest BCUT2D eigenvalue weighted by molar-refractivity contribution is 8.02. The lowest BCUT2D eigenvalue weighted by molar-refractivity contribution is -0.156. The zero-order valence-electron chi connectivity index (χ0n) is 21.2. The van der Waals surface area contributed by atoms with E-state index in [9.17, 15) is 19.5 Å². The molecule has 2 bridgehead atoms. The van der Waals surface area contributed by atoms with E-state index in [-0.39, 0.29) is 43.0 Å². The van der Waals surface area contributed by atoms with Crippen molar-refractivity contribution in [2.45, 2.75) is 81.5 Å². The molecule has 6 atom stereocenters. The largest absolute Gasteiger partial charge is 0.465 e. The summed E-state index contributed by atoms with van der Waals surface area (Å²) in [5.41, 5.74) is 0.